The van der Waals surface area contributed by atoms with Crippen LogP contribution in [-0.2, 0) is 22.6 Å². The molecule has 0 atom stereocenters. The van der Waals surface area contributed by atoms with E-state index in [1.165, 1.54) is 0 Å². The standard InChI is InChI=1S/C25H33N3O4S/c1-30-22-9-10-23(31-2)21(17-22)11-12-26-25(33)28-14-6-13-27(15-16-28)18-24(29)32-19-20-7-4-3-5-8-20/h3-5,7-10,17H,6,11-16,18-19H2,1-2H3,(H,26,33). The molecule has 8 heteroatoms. The number of nitrogens with one attached hydrogen (secondary N) is 1. The summed E-state index contributed by atoms with van der Waals surface area (Å²) in [6, 6.07) is 15.5. The first-order chi connectivity index (χ1) is 16.1. The molecular formula is C25H33N3O4S. The van der Waals surface area contributed by atoms with Crippen molar-refractivity contribution in [1.29, 1.82) is 0 Å². The third kappa shape index (κ3) is 7.91. The molecule has 0 spiro atoms. The van der Waals surface area contributed by atoms with Gasteiger partial charge in [0, 0.05) is 32.7 Å². The van der Waals surface area contributed by atoms with Gasteiger partial charge in [-0.2, -0.15) is 0 Å². The smallest absolute Gasteiger partial charge is 0.320 e. The first kappa shape index (κ1) is 24.8. The van der Waals surface area contributed by atoms with Crippen molar-refractivity contribution in [3.8, 4) is 11.5 Å². The Morgan fingerprint density at radius 2 is 1.85 bits per heavy atom. The number of hydrogen-bond acceptors (Lipinski definition) is 6. The van der Waals surface area contributed by atoms with Crippen molar-refractivity contribution in [3.63, 3.8) is 0 Å². The number of hydrogen-bond donors (Lipinski definition) is 1. The fraction of sp³-hybridized carbons (Fsp3) is 0.440. The summed E-state index contributed by atoms with van der Waals surface area (Å²) in [5, 5.41) is 4.10. The number of rotatable bonds is 9. The molecule has 0 bridgehead atoms. The first-order valence-electron chi connectivity index (χ1n) is 11.2. The number of ether oxygens (including phenoxy) is 3. The number of benzene rings is 2. The van der Waals surface area contributed by atoms with Gasteiger partial charge in [-0.15, -0.1) is 0 Å². The second-order valence-corrected chi connectivity index (χ2v) is 8.31. The van der Waals surface area contributed by atoms with Crippen LogP contribution in [0, 0.1) is 0 Å². The minimum absolute atomic E-state index is 0.194. The van der Waals surface area contributed by atoms with Gasteiger partial charge in [0.05, 0.1) is 20.8 Å². The maximum Gasteiger partial charge on any atom is 0.320 e. The van der Waals surface area contributed by atoms with Crippen LogP contribution in [0.4, 0.5) is 0 Å². The summed E-state index contributed by atoms with van der Waals surface area (Å²) in [4.78, 5) is 16.6. The van der Waals surface area contributed by atoms with Gasteiger partial charge in [0.25, 0.3) is 0 Å². The molecule has 0 unspecified atom stereocenters. The van der Waals surface area contributed by atoms with E-state index in [1.54, 1.807) is 14.2 Å². The summed E-state index contributed by atoms with van der Waals surface area (Å²) in [7, 11) is 3.33. The molecule has 0 amide bonds. The molecule has 1 aliphatic heterocycles. The van der Waals surface area contributed by atoms with Crippen molar-refractivity contribution in [3.05, 3.63) is 59.7 Å². The van der Waals surface area contributed by atoms with Crippen LogP contribution in [0.3, 0.4) is 0 Å². The third-order valence-electron chi connectivity index (χ3n) is 5.63. The molecule has 1 fully saturated rings. The predicted molar refractivity (Wildman–Crippen MR) is 133 cm³/mol. The molecule has 0 aromatic heterocycles. The summed E-state index contributed by atoms with van der Waals surface area (Å²) in [6.45, 7) is 4.58. The van der Waals surface area contributed by atoms with Crippen molar-refractivity contribution in [1.82, 2.24) is 15.1 Å². The highest BCUT2D eigenvalue weighted by molar-refractivity contribution is 7.80. The molecule has 0 aliphatic carbocycles. The average Bonchev–Trinajstić information content (AvgIpc) is 3.09. The van der Waals surface area contributed by atoms with E-state index in [4.69, 9.17) is 26.4 Å². The largest absolute Gasteiger partial charge is 0.497 e. The zero-order chi connectivity index (χ0) is 23.5. The van der Waals surface area contributed by atoms with Gasteiger partial charge in [0.15, 0.2) is 5.11 Å². The van der Waals surface area contributed by atoms with Crippen molar-refractivity contribution >= 4 is 23.3 Å². The van der Waals surface area contributed by atoms with Crippen molar-refractivity contribution < 1.29 is 19.0 Å². The molecule has 0 radical (unpaired) electrons. The van der Waals surface area contributed by atoms with E-state index in [9.17, 15) is 4.79 Å². The maximum absolute atomic E-state index is 12.3. The van der Waals surface area contributed by atoms with Gasteiger partial charge in [-0.3, -0.25) is 9.69 Å². The van der Waals surface area contributed by atoms with E-state index < -0.39 is 0 Å². The van der Waals surface area contributed by atoms with Gasteiger partial charge in [0.2, 0.25) is 0 Å². The second kappa shape index (κ2) is 13.0. The van der Waals surface area contributed by atoms with Crippen LogP contribution in [0.5, 0.6) is 11.5 Å². The first-order valence-corrected chi connectivity index (χ1v) is 11.7. The Bertz CT molecular complexity index is 910. The molecule has 33 heavy (non-hydrogen) atoms. The highest BCUT2D eigenvalue weighted by Crippen LogP contribution is 2.24. The SMILES string of the molecule is COc1ccc(OC)c(CCNC(=S)N2CCCN(CC(=O)OCc3ccccc3)CC2)c1. The van der Waals surface area contributed by atoms with Crippen LogP contribution in [-0.4, -0.2) is 74.4 Å². The van der Waals surface area contributed by atoms with Crippen molar-refractivity contribution in [2.45, 2.75) is 19.4 Å². The molecular weight excluding hydrogens is 438 g/mol. The zero-order valence-electron chi connectivity index (χ0n) is 19.4. The van der Waals surface area contributed by atoms with Crippen molar-refractivity contribution in [2.24, 2.45) is 0 Å². The molecule has 2 aromatic rings. The van der Waals surface area contributed by atoms with Gasteiger partial charge >= 0.3 is 5.97 Å². The fourth-order valence-electron chi connectivity index (χ4n) is 3.79. The molecule has 178 valence electrons. The molecule has 1 aliphatic rings. The normalized spacial score (nSPS) is 14.3. The highest BCUT2D eigenvalue weighted by atomic mass is 32.1. The van der Waals surface area contributed by atoms with Gasteiger partial charge in [-0.05, 0) is 54.4 Å². The number of nitrogens with zero attached hydrogens (tertiary/aromatic N) is 2. The van der Waals surface area contributed by atoms with Crippen LogP contribution < -0.4 is 14.8 Å². The zero-order valence-corrected chi connectivity index (χ0v) is 20.2. The van der Waals surface area contributed by atoms with E-state index >= 15 is 0 Å². The summed E-state index contributed by atoms with van der Waals surface area (Å²) in [6.07, 6.45) is 1.71. The average molecular weight is 472 g/mol. The van der Waals surface area contributed by atoms with Crippen LogP contribution in [0.1, 0.15) is 17.5 Å². The summed E-state index contributed by atoms with van der Waals surface area (Å²) in [5.74, 6) is 1.46. The second-order valence-electron chi connectivity index (χ2n) is 7.92. The molecule has 3 rings (SSSR count). The molecule has 1 N–H and O–H groups in total. The van der Waals surface area contributed by atoms with Crippen LogP contribution in [0.25, 0.3) is 0 Å². The maximum atomic E-state index is 12.3. The van der Waals surface area contributed by atoms with Gasteiger partial charge in [0.1, 0.15) is 18.1 Å². The molecule has 2 aromatic carbocycles. The van der Waals surface area contributed by atoms with E-state index in [2.05, 4.69) is 15.1 Å². The Morgan fingerprint density at radius 3 is 2.61 bits per heavy atom. The summed E-state index contributed by atoms with van der Waals surface area (Å²) >= 11 is 5.63. The summed E-state index contributed by atoms with van der Waals surface area (Å²) in [5.41, 5.74) is 2.07. The van der Waals surface area contributed by atoms with Crippen molar-refractivity contribution in [2.75, 3.05) is 53.5 Å². The van der Waals surface area contributed by atoms with Gasteiger partial charge < -0.3 is 24.4 Å². The van der Waals surface area contributed by atoms with Gasteiger partial charge in [-0.1, -0.05) is 30.3 Å². The van der Waals surface area contributed by atoms with E-state index in [-0.39, 0.29) is 5.97 Å². The quantitative estimate of drug-likeness (QED) is 0.443. The lowest BCUT2D eigenvalue weighted by Gasteiger charge is -2.24. The van der Waals surface area contributed by atoms with E-state index in [0.717, 1.165) is 66.8 Å². The highest BCUT2D eigenvalue weighted by Gasteiger charge is 2.19. The predicted octanol–water partition coefficient (Wildman–Crippen LogP) is 2.87. The monoisotopic (exact) mass is 471 g/mol. The third-order valence-corrected chi connectivity index (χ3v) is 6.03. The van der Waals surface area contributed by atoms with E-state index in [1.807, 2.05) is 48.5 Å². The number of thiocarbonyl (C=S) groups is 1. The Labute approximate surface area is 201 Å². The Balaban J connectivity index is 1.40. The molecule has 7 nitrogen and oxygen atoms in total. The Kier molecular flexibility index (Phi) is 9.77. The lowest BCUT2D eigenvalue weighted by atomic mass is 10.1. The lowest BCUT2D eigenvalue weighted by Crippen LogP contribution is -2.42. The minimum atomic E-state index is -0.194. The van der Waals surface area contributed by atoms with Crippen LogP contribution >= 0.6 is 12.2 Å². The number of methoxy groups -OCH3 is 2. The Morgan fingerprint density at radius 1 is 1.03 bits per heavy atom. The molecule has 1 heterocycles. The van der Waals surface area contributed by atoms with Crippen LogP contribution in [0.2, 0.25) is 0 Å². The summed E-state index contributed by atoms with van der Waals surface area (Å²) < 4.78 is 16.2. The topological polar surface area (TPSA) is 63.3 Å². The molecule has 1 saturated heterocycles. The van der Waals surface area contributed by atoms with E-state index in [0.29, 0.717) is 19.7 Å². The van der Waals surface area contributed by atoms with Crippen LogP contribution in [0.15, 0.2) is 48.5 Å². The number of carbonyl (C=O) groups is 1. The fourth-order valence-corrected chi connectivity index (χ4v) is 4.08. The number of carbonyl (C=O) groups excluding carboxylic acids is 1. The lowest BCUT2D eigenvalue weighted by molar-refractivity contribution is -0.146. The molecule has 0 saturated carbocycles. The Hall–Kier alpha value is -2.84. The van der Waals surface area contributed by atoms with Gasteiger partial charge in [-0.25, -0.2) is 0 Å². The number of esters is 1. The minimum Gasteiger partial charge on any atom is -0.497 e.